The highest BCUT2D eigenvalue weighted by molar-refractivity contribution is 5.94. The Balaban J connectivity index is 1.73. The first-order valence-electron chi connectivity index (χ1n) is 8.66. The summed E-state index contributed by atoms with van der Waals surface area (Å²) in [6, 6.07) is 14.8. The fraction of sp³-hybridized carbons (Fsp3) is 0.286. The first-order chi connectivity index (χ1) is 12.1. The Morgan fingerprint density at radius 1 is 1.08 bits per heavy atom. The molecular formula is C21H22N2O2. The summed E-state index contributed by atoms with van der Waals surface area (Å²) in [5.74, 6) is -0.210. The second-order valence-corrected chi connectivity index (χ2v) is 6.84. The first kappa shape index (κ1) is 15.9. The maximum absolute atomic E-state index is 12.0. The zero-order chi connectivity index (χ0) is 17.4. The average molecular weight is 334 g/mol. The third kappa shape index (κ3) is 3.05. The van der Waals surface area contributed by atoms with Crippen LogP contribution in [0.15, 0.2) is 48.7 Å². The highest BCUT2D eigenvalue weighted by Gasteiger charge is 2.19. The zero-order valence-electron chi connectivity index (χ0n) is 14.7. The molecule has 0 amide bonds. The predicted octanol–water partition coefficient (Wildman–Crippen LogP) is 3.58. The molecule has 0 fully saturated rings. The van der Waals surface area contributed by atoms with Crippen LogP contribution in [-0.4, -0.2) is 42.7 Å². The van der Waals surface area contributed by atoms with E-state index in [0.717, 1.165) is 36.2 Å². The van der Waals surface area contributed by atoms with Crippen molar-refractivity contribution in [1.29, 1.82) is 0 Å². The van der Waals surface area contributed by atoms with E-state index in [1.54, 1.807) is 0 Å². The number of benzene rings is 2. The lowest BCUT2D eigenvalue weighted by Crippen LogP contribution is -2.18. The maximum atomic E-state index is 12.0. The van der Waals surface area contributed by atoms with E-state index in [1.807, 2.05) is 6.07 Å². The number of hydrogen-bond donors (Lipinski definition) is 0. The smallest absolute Gasteiger partial charge is 0.338 e. The lowest BCUT2D eigenvalue weighted by molar-refractivity contribution is 0.0480. The zero-order valence-corrected chi connectivity index (χ0v) is 14.7. The summed E-state index contributed by atoms with van der Waals surface area (Å²) >= 11 is 0. The van der Waals surface area contributed by atoms with Gasteiger partial charge in [-0.05, 0) is 54.4 Å². The van der Waals surface area contributed by atoms with Gasteiger partial charge in [0.15, 0.2) is 0 Å². The number of rotatable bonds is 4. The molecule has 25 heavy (non-hydrogen) atoms. The molecule has 2 heterocycles. The van der Waals surface area contributed by atoms with Crippen LogP contribution < -0.4 is 0 Å². The summed E-state index contributed by atoms with van der Waals surface area (Å²) in [4.78, 5) is 14.2. The molecule has 1 aromatic heterocycles. The van der Waals surface area contributed by atoms with Gasteiger partial charge in [-0.15, -0.1) is 0 Å². The van der Waals surface area contributed by atoms with Crippen LogP contribution in [0.3, 0.4) is 0 Å². The molecule has 4 heteroatoms. The Kier molecular flexibility index (Phi) is 4.06. The van der Waals surface area contributed by atoms with Gasteiger partial charge < -0.3 is 14.2 Å². The number of esters is 1. The standard InChI is InChI=1S/C21H22N2O2/c1-22(2)10-11-23-9-7-16-4-6-18(14-20(16)23)17-5-3-15-8-12-25-21(24)19(15)13-17/h3-7,9,13-14H,8,10-12H2,1-2H3. The lowest BCUT2D eigenvalue weighted by atomic mass is 9.96. The molecule has 0 saturated carbocycles. The Labute approximate surface area is 147 Å². The predicted molar refractivity (Wildman–Crippen MR) is 99.9 cm³/mol. The van der Waals surface area contributed by atoms with Crippen LogP contribution in [-0.2, 0) is 17.7 Å². The molecule has 1 aliphatic heterocycles. The second-order valence-electron chi connectivity index (χ2n) is 6.84. The number of likely N-dealkylation sites (N-methyl/N-ethyl adjacent to an activating group) is 1. The van der Waals surface area contributed by atoms with Crippen LogP contribution >= 0.6 is 0 Å². The van der Waals surface area contributed by atoms with Gasteiger partial charge in [-0.3, -0.25) is 0 Å². The SMILES string of the molecule is CN(C)CCn1ccc2ccc(-c3ccc4c(c3)C(=O)OCC4)cc21. The van der Waals surface area contributed by atoms with Crippen molar-refractivity contribution in [2.75, 3.05) is 27.2 Å². The minimum absolute atomic E-state index is 0.210. The molecule has 0 radical (unpaired) electrons. The van der Waals surface area contributed by atoms with Gasteiger partial charge in [0.2, 0.25) is 0 Å². The highest BCUT2D eigenvalue weighted by atomic mass is 16.5. The summed E-state index contributed by atoms with van der Waals surface area (Å²) in [5, 5.41) is 1.24. The van der Waals surface area contributed by atoms with E-state index < -0.39 is 0 Å². The number of nitrogens with zero attached hydrogens (tertiary/aromatic N) is 2. The fourth-order valence-corrected chi connectivity index (χ4v) is 3.36. The molecule has 4 rings (SSSR count). The molecule has 1 aliphatic rings. The number of aromatic nitrogens is 1. The Bertz CT molecular complexity index is 940. The van der Waals surface area contributed by atoms with Crippen molar-refractivity contribution in [3.05, 3.63) is 59.8 Å². The number of fused-ring (bicyclic) bond motifs is 2. The average Bonchev–Trinajstić information content (AvgIpc) is 3.02. The van der Waals surface area contributed by atoms with Crippen LogP contribution in [0.2, 0.25) is 0 Å². The minimum Gasteiger partial charge on any atom is -0.462 e. The minimum atomic E-state index is -0.210. The highest BCUT2D eigenvalue weighted by Crippen LogP contribution is 2.28. The van der Waals surface area contributed by atoms with E-state index in [0.29, 0.717) is 12.2 Å². The third-order valence-corrected chi connectivity index (χ3v) is 4.83. The van der Waals surface area contributed by atoms with Crippen molar-refractivity contribution in [2.24, 2.45) is 0 Å². The first-order valence-corrected chi connectivity index (χ1v) is 8.66. The van der Waals surface area contributed by atoms with E-state index >= 15 is 0 Å². The molecule has 0 unspecified atom stereocenters. The van der Waals surface area contributed by atoms with Crippen molar-refractivity contribution in [3.8, 4) is 11.1 Å². The van der Waals surface area contributed by atoms with Gasteiger partial charge in [0.25, 0.3) is 0 Å². The molecule has 3 aromatic rings. The van der Waals surface area contributed by atoms with Crippen molar-refractivity contribution in [1.82, 2.24) is 9.47 Å². The van der Waals surface area contributed by atoms with Crippen LogP contribution in [0.25, 0.3) is 22.0 Å². The van der Waals surface area contributed by atoms with Crippen molar-refractivity contribution in [2.45, 2.75) is 13.0 Å². The van der Waals surface area contributed by atoms with E-state index in [9.17, 15) is 4.79 Å². The summed E-state index contributed by atoms with van der Waals surface area (Å²) in [6.07, 6.45) is 2.94. The fourth-order valence-electron chi connectivity index (χ4n) is 3.36. The van der Waals surface area contributed by atoms with E-state index in [-0.39, 0.29) is 5.97 Å². The summed E-state index contributed by atoms with van der Waals surface area (Å²) < 4.78 is 7.46. The number of carbonyl (C=O) groups excluding carboxylic acids is 1. The second kappa shape index (κ2) is 6.37. The number of cyclic esters (lactones) is 1. The van der Waals surface area contributed by atoms with E-state index in [4.69, 9.17) is 4.74 Å². The molecule has 0 saturated heterocycles. The quantitative estimate of drug-likeness (QED) is 0.684. The van der Waals surface area contributed by atoms with Crippen molar-refractivity contribution >= 4 is 16.9 Å². The van der Waals surface area contributed by atoms with Crippen LogP contribution in [0.4, 0.5) is 0 Å². The molecule has 4 nitrogen and oxygen atoms in total. The largest absolute Gasteiger partial charge is 0.462 e. The van der Waals surface area contributed by atoms with Gasteiger partial charge in [0, 0.05) is 31.2 Å². The topological polar surface area (TPSA) is 34.5 Å². The molecule has 128 valence electrons. The number of ether oxygens (including phenoxy) is 1. The summed E-state index contributed by atoms with van der Waals surface area (Å²) in [5.41, 5.74) is 5.18. The van der Waals surface area contributed by atoms with Crippen LogP contribution in [0, 0.1) is 0 Å². The van der Waals surface area contributed by atoms with Gasteiger partial charge >= 0.3 is 5.97 Å². The van der Waals surface area contributed by atoms with Crippen LogP contribution in [0.1, 0.15) is 15.9 Å². The number of carbonyl (C=O) groups is 1. The molecule has 0 bridgehead atoms. The van der Waals surface area contributed by atoms with Gasteiger partial charge in [-0.2, -0.15) is 0 Å². The van der Waals surface area contributed by atoms with Gasteiger partial charge in [-0.25, -0.2) is 4.79 Å². The van der Waals surface area contributed by atoms with Crippen molar-refractivity contribution in [3.63, 3.8) is 0 Å². The summed E-state index contributed by atoms with van der Waals surface area (Å²) in [6.45, 7) is 2.44. The Morgan fingerprint density at radius 2 is 1.88 bits per heavy atom. The molecule has 0 atom stereocenters. The maximum Gasteiger partial charge on any atom is 0.338 e. The van der Waals surface area contributed by atoms with Crippen molar-refractivity contribution < 1.29 is 9.53 Å². The molecule has 0 N–H and O–H groups in total. The lowest BCUT2D eigenvalue weighted by Gasteiger charge is -2.16. The van der Waals surface area contributed by atoms with Crippen LogP contribution in [0.5, 0.6) is 0 Å². The van der Waals surface area contributed by atoms with E-state index in [1.165, 1.54) is 10.9 Å². The van der Waals surface area contributed by atoms with Gasteiger partial charge in [0.1, 0.15) is 0 Å². The van der Waals surface area contributed by atoms with Gasteiger partial charge in [-0.1, -0.05) is 24.3 Å². The monoisotopic (exact) mass is 334 g/mol. The molecule has 2 aromatic carbocycles. The van der Waals surface area contributed by atoms with E-state index in [2.05, 4.69) is 66.2 Å². The normalized spacial score (nSPS) is 14.0. The van der Waals surface area contributed by atoms with Gasteiger partial charge in [0.05, 0.1) is 12.2 Å². The third-order valence-electron chi connectivity index (χ3n) is 4.83. The Morgan fingerprint density at radius 3 is 2.72 bits per heavy atom. The number of hydrogen-bond acceptors (Lipinski definition) is 3. The Hall–Kier alpha value is -2.59. The summed E-state index contributed by atoms with van der Waals surface area (Å²) in [7, 11) is 4.17. The molecular weight excluding hydrogens is 312 g/mol. The molecule has 0 spiro atoms. The molecule has 0 aliphatic carbocycles.